The van der Waals surface area contributed by atoms with Crippen molar-refractivity contribution in [2.24, 2.45) is 0 Å². The number of ether oxygens (including phenoxy) is 3. The molecule has 1 saturated heterocycles. The molecule has 1 aromatic rings. The zero-order chi connectivity index (χ0) is 22.0. The minimum absolute atomic E-state index is 0.0000444. The van der Waals surface area contributed by atoms with Crippen molar-refractivity contribution in [3.05, 3.63) is 35.9 Å². The molecule has 0 unspecified atom stereocenters. The second kappa shape index (κ2) is 11.5. The Bertz CT molecular complexity index is 693. The Morgan fingerprint density at radius 3 is 2.10 bits per heavy atom. The first kappa shape index (κ1) is 23.7. The van der Waals surface area contributed by atoms with Gasteiger partial charge >= 0.3 is 18.0 Å². The fourth-order valence-corrected chi connectivity index (χ4v) is 2.86. The van der Waals surface area contributed by atoms with Gasteiger partial charge in [0.15, 0.2) is 0 Å². The van der Waals surface area contributed by atoms with Gasteiger partial charge in [-0.1, -0.05) is 30.3 Å². The lowest BCUT2D eigenvalue weighted by atomic mass is 10.2. The van der Waals surface area contributed by atoms with Gasteiger partial charge in [0.1, 0.15) is 18.8 Å². The number of benzene rings is 1. The molecule has 1 heterocycles. The lowest BCUT2D eigenvalue weighted by Gasteiger charge is -2.35. The number of hydrogen-bond donors (Lipinski definition) is 0. The smallest absolute Gasteiger partial charge is 0.410 e. The maximum Gasteiger partial charge on any atom is 0.410 e. The zero-order valence-electron chi connectivity index (χ0n) is 18.1. The highest BCUT2D eigenvalue weighted by atomic mass is 16.6. The van der Waals surface area contributed by atoms with Crippen molar-refractivity contribution in [3.8, 4) is 0 Å². The van der Waals surface area contributed by atoms with Crippen molar-refractivity contribution in [2.75, 3.05) is 39.3 Å². The Kier molecular flexibility index (Phi) is 9.11. The highest BCUT2D eigenvalue weighted by Gasteiger charge is 2.25. The maximum atomic E-state index is 12.1. The van der Waals surface area contributed by atoms with Gasteiger partial charge in [0, 0.05) is 32.7 Å². The van der Waals surface area contributed by atoms with Crippen LogP contribution in [0.25, 0.3) is 0 Å². The van der Waals surface area contributed by atoms with Crippen LogP contribution in [0.1, 0.15) is 39.2 Å². The van der Waals surface area contributed by atoms with E-state index in [-0.39, 0.29) is 32.1 Å². The zero-order valence-corrected chi connectivity index (χ0v) is 18.1. The van der Waals surface area contributed by atoms with Gasteiger partial charge in [-0.2, -0.15) is 0 Å². The van der Waals surface area contributed by atoms with Crippen LogP contribution in [0.5, 0.6) is 0 Å². The fourth-order valence-electron chi connectivity index (χ4n) is 2.86. The maximum absolute atomic E-state index is 12.1. The third kappa shape index (κ3) is 9.26. The van der Waals surface area contributed by atoms with Gasteiger partial charge in [-0.3, -0.25) is 14.5 Å². The van der Waals surface area contributed by atoms with Crippen LogP contribution in [-0.4, -0.2) is 72.8 Å². The van der Waals surface area contributed by atoms with E-state index in [9.17, 15) is 14.4 Å². The SMILES string of the molecule is CC(C)(C)OC(=O)N1CCN(CCOC(=O)CCC(=O)OCc2ccccc2)CC1. The number of hydrogen-bond acceptors (Lipinski definition) is 7. The van der Waals surface area contributed by atoms with Gasteiger partial charge in [-0.15, -0.1) is 0 Å². The lowest BCUT2D eigenvalue weighted by molar-refractivity contribution is -0.151. The molecule has 2 rings (SSSR count). The van der Waals surface area contributed by atoms with E-state index in [1.54, 1.807) is 4.90 Å². The van der Waals surface area contributed by atoms with Gasteiger partial charge in [-0.25, -0.2) is 4.79 Å². The number of carbonyl (C=O) groups is 3. The largest absolute Gasteiger partial charge is 0.464 e. The standard InChI is InChI=1S/C22H32N2O6/c1-22(2,3)30-21(27)24-13-11-23(12-14-24)15-16-28-19(25)9-10-20(26)29-17-18-7-5-4-6-8-18/h4-8H,9-17H2,1-3H3. The summed E-state index contributed by atoms with van der Waals surface area (Å²) >= 11 is 0. The molecule has 1 fully saturated rings. The summed E-state index contributed by atoms with van der Waals surface area (Å²) in [5.41, 5.74) is 0.399. The van der Waals surface area contributed by atoms with E-state index in [0.29, 0.717) is 32.7 Å². The molecule has 1 aliphatic rings. The molecular weight excluding hydrogens is 388 g/mol. The van der Waals surface area contributed by atoms with Gasteiger partial charge in [0.25, 0.3) is 0 Å². The normalized spacial score (nSPS) is 14.8. The third-order valence-electron chi connectivity index (χ3n) is 4.47. The van der Waals surface area contributed by atoms with Crippen LogP contribution in [0.15, 0.2) is 30.3 Å². The first-order valence-electron chi connectivity index (χ1n) is 10.3. The molecule has 0 aliphatic carbocycles. The molecule has 8 nitrogen and oxygen atoms in total. The molecule has 1 aromatic carbocycles. The molecule has 8 heteroatoms. The molecule has 0 N–H and O–H groups in total. The van der Waals surface area contributed by atoms with E-state index in [4.69, 9.17) is 14.2 Å². The Labute approximate surface area is 178 Å². The van der Waals surface area contributed by atoms with Crippen molar-refractivity contribution < 1.29 is 28.6 Å². The summed E-state index contributed by atoms with van der Waals surface area (Å²) in [5.74, 6) is -0.840. The number of rotatable bonds is 8. The molecule has 0 atom stereocenters. The summed E-state index contributed by atoms with van der Waals surface area (Å²) in [6, 6.07) is 9.38. The highest BCUT2D eigenvalue weighted by Crippen LogP contribution is 2.12. The van der Waals surface area contributed by atoms with E-state index < -0.39 is 17.5 Å². The number of amides is 1. The van der Waals surface area contributed by atoms with Crippen LogP contribution < -0.4 is 0 Å². The quantitative estimate of drug-likeness (QED) is 0.472. The molecule has 0 spiro atoms. The fraction of sp³-hybridized carbons (Fsp3) is 0.591. The van der Waals surface area contributed by atoms with Crippen LogP contribution in [0.4, 0.5) is 4.79 Å². The molecule has 0 radical (unpaired) electrons. The van der Waals surface area contributed by atoms with Crippen LogP contribution >= 0.6 is 0 Å². The molecule has 0 aromatic heterocycles. The first-order chi connectivity index (χ1) is 14.2. The number of carbonyl (C=O) groups excluding carboxylic acids is 3. The van der Waals surface area contributed by atoms with E-state index in [1.165, 1.54) is 0 Å². The van der Waals surface area contributed by atoms with Gasteiger partial charge < -0.3 is 19.1 Å². The van der Waals surface area contributed by atoms with E-state index in [2.05, 4.69) is 4.90 Å². The second-order valence-corrected chi connectivity index (χ2v) is 8.18. The van der Waals surface area contributed by atoms with Crippen molar-refractivity contribution >= 4 is 18.0 Å². The first-order valence-corrected chi connectivity index (χ1v) is 10.3. The van der Waals surface area contributed by atoms with Crippen molar-refractivity contribution in [3.63, 3.8) is 0 Å². The Morgan fingerprint density at radius 1 is 0.900 bits per heavy atom. The van der Waals surface area contributed by atoms with E-state index in [0.717, 1.165) is 5.56 Å². The monoisotopic (exact) mass is 420 g/mol. The Morgan fingerprint density at radius 2 is 1.50 bits per heavy atom. The molecule has 0 bridgehead atoms. The van der Waals surface area contributed by atoms with Crippen LogP contribution in [0.2, 0.25) is 0 Å². The Hall–Kier alpha value is -2.61. The average Bonchev–Trinajstić information content (AvgIpc) is 2.70. The average molecular weight is 421 g/mol. The van der Waals surface area contributed by atoms with Crippen LogP contribution in [0.3, 0.4) is 0 Å². The third-order valence-corrected chi connectivity index (χ3v) is 4.47. The lowest BCUT2D eigenvalue weighted by Crippen LogP contribution is -2.50. The summed E-state index contributed by atoms with van der Waals surface area (Å²) in [4.78, 5) is 39.4. The van der Waals surface area contributed by atoms with Crippen LogP contribution in [0, 0.1) is 0 Å². The molecule has 0 saturated carbocycles. The molecule has 30 heavy (non-hydrogen) atoms. The number of piperazine rings is 1. The molecular formula is C22H32N2O6. The van der Waals surface area contributed by atoms with Crippen LogP contribution in [-0.2, 0) is 30.4 Å². The minimum atomic E-state index is -0.504. The van der Waals surface area contributed by atoms with Crippen molar-refractivity contribution in [1.29, 1.82) is 0 Å². The molecule has 1 amide bonds. The van der Waals surface area contributed by atoms with Gasteiger partial charge in [0.2, 0.25) is 0 Å². The van der Waals surface area contributed by atoms with Gasteiger partial charge in [0.05, 0.1) is 12.8 Å². The molecule has 166 valence electrons. The van der Waals surface area contributed by atoms with Crippen molar-refractivity contribution in [2.45, 2.75) is 45.8 Å². The Balaban J connectivity index is 1.54. The predicted octanol–water partition coefficient (Wildman–Crippen LogP) is 2.61. The summed E-state index contributed by atoms with van der Waals surface area (Å²) in [7, 11) is 0. The topological polar surface area (TPSA) is 85.4 Å². The molecule has 1 aliphatic heterocycles. The van der Waals surface area contributed by atoms with Gasteiger partial charge in [-0.05, 0) is 26.3 Å². The summed E-state index contributed by atoms with van der Waals surface area (Å²) in [6.07, 6.45) is -0.298. The number of esters is 2. The summed E-state index contributed by atoms with van der Waals surface area (Å²) < 4.78 is 15.7. The predicted molar refractivity (Wildman–Crippen MR) is 111 cm³/mol. The highest BCUT2D eigenvalue weighted by molar-refractivity contribution is 5.77. The van der Waals surface area contributed by atoms with E-state index >= 15 is 0 Å². The second-order valence-electron chi connectivity index (χ2n) is 8.18. The minimum Gasteiger partial charge on any atom is -0.464 e. The van der Waals surface area contributed by atoms with Crippen molar-refractivity contribution in [1.82, 2.24) is 9.80 Å². The van der Waals surface area contributed by atoms with E-state index in [1.807, 2.05) is 51.1 Å². The summed E-state index contributed by atoms with van der Waals surface area (Å²) in [5, 5.41) is 0. The number of nitrogens with zero attached hydrogens (tertiary/aromatic N) is 2. The summed E-state index contributed by atoms with van der Waals surface area (Å²) in [6.45, 7) is 9.13.